The maximum absolute atomic E-state index is 12.5. The van der Waals surface area contributed by atoms with E-state index in [2.05, 4.69) is 22.5 Å². The van der Waals surface area contributed by atoms with Crippen molar-refractivity contribution in [1.82, 2.24) is 9.78 Å². The molecule has 0 saturated carbocycles. The number of nitrogens with zero attached hydrogens (tertiary/aromatic N) is 2. The van der Waals surface area contributed by atoms with E-state index in [9.17, 15) is 4.79 Å². The van der Waals surface area contributed by atoms with E-state index in [1.54, 1.807) is 11.8 Å². The van der Waals surface area contributed by atoms with Crippen molar-refractivity contribution in [3.8, 4) is 0 Å². The molecule has 5 heteroatoms. The summed E-state index contributed by atoms with van der Waals surface area (Å²) in [6.45, 7) is 3.93. The van der Waals surface area contributed by atoms with Crippen LogP contribution in [0.15, 0.2) is 64.4 Å². The SMILES string of the molecule is Cc1nn(C)c(C)c1CC(=O)Nc1ccccc1Sc1ccccc1. The molecule has 0 spiro atoms. The van der Waals surface area contributed by atoms with Crippen molar-refractivity contribution in [2.45, 2.75) is 30.1 Å². The number of hydrogen-bond donors (Lipinski definition) is 1. The Morgan fingerprint density at radius 2 is 1.76 bits per heavy atom. The molecule has 128 valence electrons. The number of benzene rings is 2. The second-order valence-corrected chi connectivity index (χ2v) is 7.02. The van der Waals surface area contributed by atoms with Gasteiger partial charge in [0.05, 0.1) is 17.8 Å². The van der Waals surface area contributed by atoms with Crippen LogP contribution in [0.25, 0.3) is 0 Å². The van der Waals surface area contributed by atoms with Crippen molar-refractivity contribution in [1.29, 1.82) is 0 Å². The molecule has 0 bridgehead atoms. The second kappa shape index (κ2) is 7.57. The van der Waals surface area contributed by atoms with Crippen LogP contribution in [0.1, 0.15) is 17.0 Å². The van der Waals surface area contributed by atoms with Gasteiger partial charge in [0.15, 0.2) is 0 Å². The minimum absolute atomic E-state index is 0.0275. The molecule has 1 amide bonds. The Kier molecular flexibility index (Phi) is 5.24. The van der Waals surface area contributed by atoms with Gasteiger partial charge >= 0.3 is 0 Å². The van der Waals surface area contributed by atoms with Crippen LogP contribution in [0.5, 0.6) is 0 Å². The molecule has 0 saturated heterocycles. The van der Waals surface area contributed by atoms with Gasteiger partial charge in [0.2, 0.25) is 5.91 Å². The maximum Gasteiger partial charge on any atom is 0.228 e. The first-order valence-electron chi connectivity index (χ1n) is 8.15. The summed E-state index contributed by atoms with van der Waals surface area (Å²) in [7, 11) is 1.90. The Bertz CT molecular complexity index is 887. The predicted molar refractivity (Wildman–Crippen MR) is 102 cm³/mol. The Hall–Kier alpha value is -2.53. The lowest BCUT2D eigenvalue weighted by Crippen LogP contribution is -2.15. The number of aromatic nitrogens is 2. The van der Waals surface area contributed by atoms with Gasteiger partial charge in [0.1, 0.15) is 0 Å². The molecule has 1 aromatic heterocycles. The summed E-state index contributed by atoms with van der Waals surface area (Å²) < 4.78 is 1.82. The van der Waals surface area contributed by atoms with Crippen molar-refractivity contribution >= 4 is 23.4 Å². The Labute approximate surface area is 152 Å². The lowest BCUT2D eigenvalue weighted by atomic mass is 10.1. The van der Waals surface area contributed by atoms with E-state index in [0.29, 0.717) is 6.42 Å². The summed E-state index contributed by atoms with van der Waals surface area (Å²) in [5, 5.41) is 7.42. The minimum atomic E-state index is -0.0275. The summed E-state index contributed by atoms with van der Waals surface area (Å²) in [6, 6.07) is 18.0. The third-order valence-electron chi connectivity index (χ3n) is 4.13. The van der Waals surface area contributed by atoms with Crippen molar-refractivity contribution in [3.05, 3.63) is 71.5 Å². The van der Waals surface area contributed by atoms with E-state index < -0.39 is 0 Å². The van der Waals surface area contributed by atoms with Gasteiger partial charge in [-0.15, -0.1) is 0 Å². The van der Waals surface area contributed by atoms with Crippen LogP contribution in [-0.2, 0) is 18.3 Å². The molecule has 0 aliphatic rings. The molecular formula is C20H21N3OS. The second-order valence-electron chi connectivity index (χ2n) is 5.91. The number of carbonyl (C=O) groups is 1. The van der Waals surface area contributed by atoms with Crippen LogP contribution in [0.3, 0.4) is 0 Å². The molecule has 0 aliphatic carbocycles. The predicted octanol–water partition coefficient (Wildman–Crippen LogP) is 4.37. The molecule has 3 rings (SSSR count). The lowest BCUT2D eigenvalue weighted by molar-refractivity contribution is -0.115. The van der Waals surface area contributed by atoms with Gasteiger partial charge in [-0.25, -0.2) is 0 Å². The van der Waals surface area contributed by atoms with Crippen molar-refractivity contribution in [2.24, 2.45) is 7.05 Å². The monoisotopic (exact) mass is 351 g/mol. The number of anilines is 1. The van der Waals surface area contributed by atoms with Crippen LogP contribution >= 0.6 is 11.8 Å². The topological polar surface area (TPSA) is 46.9 Å². The summed E-state index contributed by atoms with van der Waals surface area (Å²) in [4.78, 5) is 14.7. The zero-order valence-corrected chi connectivity index (χ0v) is 15.4. The van der Waals surface area contributed by atoms with Gasteiger partial charge < -0.3 is 5.32 Å². The molecule has 1 heterocycles. The van der Waals surface area contributed by atoms with Crippen molar-refractivity contribution in [3.63, 3.8) is 0 Å². The van der Waals surface area contributed by atoms with E-state index in [1.807, 2.05) is 68.0 Å². The largest absolute Gasteiger partial charge is 0.325 e. The molecule has 2 aromatic carbocycles. The molecule has 3 aromatic rings. The van der Waals surface area contributed by atoms with Gasteiger partial charge in [-0.05, 0) is 38.1 Å². The average molecular weight is 351 g/mol. The summed E-state index contributed by atoms with van der Waals surface area (Å²) in [6.07, 6.45) is 0.329. The van der Waals surface area contributed by atoms with Crippen LogP contribution in [0.2, 0.25) is 0 Å². The number of nitrogens with one attached hydrogen (secondary N) is 1. The fraction of sp³-hybridized carbons (Fsp3) is 0.200. The highest BCUT2D eigenvalue weighted by atomic mass is 32.2. The van der Waals surface area contributed by atoms with E-state index in [1.165, 1.54) is 0 Å². The molecule has 0 unspecified atom stereocenters. The van der Waals surface area contributed by atoms with Crippen LogP contribution < -0.4 is 5.32 Å². The number of hydrogen-bond acceptors (Lipinski definition) is 3. The number of rotatable bonds is 5. The first-order chi connectivity index (χ1) is 12.0. The number of carbonyl (C=O) groups excluding carboxylic acids is 1. The Balaban J connectivity index is 1.75. The minimum Gasteiger partial charge on any atom is -0.325 e. The van der Waals surface area contributed by atoms with Crippen LogP contribution in [0, 0.1) is 13.8 Å². The highest BCUT2D eigenvalue weighted by Gasteiger charge is 2.14. The highest BCUT2D eigenvalue weighted by molar-refractivity contribution is 7.99. The van der Waals surface area contributed by atoms with Crippen LogP contribution in [-0.4, -0.2) is 15.7 Å². The zero-order chi connectivity index (χ0) is 17.8. The van der Waals surface area contributed by atoms with Gasteiger partial charge in [-0.3, -0.25) is 9.48 Å². The van der Waals surface area contributed by atoms with Crippen molar-refractivity contribution in [2.75, 3.05) is 5.32 Å². The number of aryl methyl sites for hydroxylation is 2. The summed E-state index contributed by atoms with van der Waals surface area (Å²) in [5.74, 6) is -0.0275. The smallest absolute Gasteiger partial charge is 0.228 e. The fourth-order valence-electron chi connectivity index (χ4n) is 2.70. The Morgan fingerprint density at radius 3 is 2.44 bits per heavy atom. The average Bonchev–Trinajstić information content (AvgIpc) is 2.84. The standard InChI is InChI=1S/C20H21N3OS/c1-14-17(15(2)23(3)22-14)13-20(24)21-18-11-7-8-12-19(18)25-16-9-5-4-6-10-16/h4-12H,13H2,1-3H3,(H,21,24). The number of para-hydroxylation sites is 1. The van der Waals surface area contributed by atoms with Gasteiger partial charge in [-0.2, -0.15) is 5.10 Å². The van der Waals surface area contributed by atoms with E-state index in [4.69, 9.17) is 0 Å². The quantitative estimate of drug-likeness (QED) is 0.742. The van der Waals surface area contributed by atoms with E-state index in [0.717, 1.165) is 32.4 Å². The maximum atomic E-state index is 12.5. The van der Waals surface area contributed by atoms with Crippen LogP contribution in [0.4, 0.5) is 5.69 Å². The molecule has 25 heavy (non-hydrogen) atoms. The molecule has 1 N–H and O–H groups in total. The molecule has 4 nitrogen and oxygen atoms in total. The molecular weight excluding hydrogens is 330 g/mol. The van der Waals surface area contributed by atoms with Crippen molar-refractivity contribution < 1.29 is 4.79 Å². The Morgan fingerprint density at radius 1 is 1.08 bits per heavy atom. The van der Waals surface area contributed by atoms with Gasteiger partial charge in [-0.1, -0.05) is 42.1 Å². The molecule has 0 radical (unpaired) electrons. The third-order valence-corrected chi connectivity index (χ3v) is 5.21. The molecule has 0 fully saturated rings. The molecule has 0 atom stereocenters. The number of amides is 1. The van der Waals surface area contributed by atoms with E-state index in [-0.39, 0.29) is 5.91 Å². The zero-order valence-electron chi connectivity index (χ0n) is 14.6. The third kappa shape index (κ3) is 4.12. The van der Waals surface area contributed by atoms with E-state index >= 15 is 0 Å². The first-order valence-corrected chi connectivity index (χ1v) is 8.97. The van der Waals surface area contributed by atoms with Gasteiger partial charge in [0.25, 0.3) is 0 Å². The highest BCUT2D eigenvalue weighted by Crippen LogP contribution is 2.33. The molecule has 0 aliphatic heterocycles. The normalized spacial score (nSPS) is 10.7. The first kappa shape index (κ1) is 17.3. The fourth-order valence-corrected chi connectivity index (χ4v) is 3.63. The summed E-state index contributed by atoms with van der Waals surface area (Å²) in [5.41, 5.74) is 3.76. The summed E-state index contributed by atoms with van der Waals surface area (Å²) >= 11 is 1.64. The van der Waals surface area contributed by atoms with Gasteiger partial charge in [0, 0.05) is 28.1 Å². The lowest BCUT2D eigenvalue weighted by Gasteiger charge is -2.11.